The fraction of sp³-hybridized carbons (Fsp3) is 0.474. The van der Waals surface area contributed by atoms with Gasteiger partial charge in [0.2, 0.25) is 0 Å². The molecule has 2 aromatic rings. The summed E-state index contributed by atoms with van der Waals surface area (Å²) in [5.74, 6) is 0. The standard InChI is InChI=1S/C19H26.Ca.2H/c1-2-3-4-5-6-7-8-12-17-14-11-15-18-13-9-10-16-19(17)18;;;/h9-11,13-16H,2-8,12H2,1H3;;;. The predicted molar refractivity (Wildman–Crippen MR) is 94.2 cm³/mol. The summed E-state index contributed by atoms with van der Waals surface area (Å²) in [5.41, 5.74) is 1.52. The third-order valence-corrected chi connectivity index (χ3v) is 3.93. The van der Waals surface area contributed by atoms with Crippen molar-refractivity contribution in [1.29, 1.82) is 0 Å². The number of benzene rings is 2. The van der Waals surface area contributed by atoms with E-state index in [4.69, 9.17) is 0 Å². The van der Waals surface area contributed by atoms with Crippen molar-refractivity contribution >= 4 is 48.5 Å². The molecule has 2 aromatic carbocycles. The van der Waals surface area contributed by atoms with Crippen LogP contribution in [0, 0.1) is 0 Å². The molecule has 0 heterocycles. The van der Waals surface area contributed by atoms with Crippen LogP contribution >= 0.6 is 0 Å². The summed E-state index contributed by atoms with van der Waals surface area (Å²) < 4.78 is 0. The number of fused-ring (bicyclic) bond motifs is 1. The Morgan fingerprint density at radius 1 is 0.700 bits per heavy atom. The Morgan fingerprint density at radius 2 is 1.35 bits per heavy atom. The fourth-order valence-corrected chi connectivity index (χ4v) is 2.78. The van der Waals surface area contributed by atoms with Gasteiger partial charge < -0.3 is 0 Å². The van der Waals surface area contributed by atoms with E-state index in [1.54, 1.807) is 0 Å². The monoisotopic (exact) mass is 296 g/mol. The molecule has 106 valence electrons. The van der Waals surface area contributed by atoms with Gasteiger partial charge in [0.25, 0.3) is 0 Å². The van der Waals surface area contributed by atoms with Crippen molar-refractivity contribution < 1.29 is 0 Å². The van der Waals surface area contributed by atoms with Gasteiger partial charge in [-0.1, -0.05) is 87.9 Å². The van der Waals surface area contributed by atoms with Crippen LogP contribution in [0.5, 0.6) is 0 Å². The molecule has 0 saturated heterocycles. The van der Waals surface area contributed by atoms with Gasteiger partial charge in [-0.25, -0.2) is 0 Å². The molecule has 20 heavy (non-hydrogen) atoms. The molecule has 0 bridgehead atoms. The van der Waals surface area contributed by atoms with E-state index in [9.17, 15) is 0 Å². The number of hydrogen-bond acceptors (Lipinski definition) is 0. The molecule has 0 saturated carbocycles. The fourth-order valence-electron chi connectivity index (χ4n) is 2.78. The first-order chi connectivity index (χ1) is 9.42. The minimum atomic E-state index is 0. The average Bonchev–Trinajstić information content (AvgIpc) is 2.46. The maximum absolute atomic E-state index is 2.29. The first-order valence-electron chi connectivity index (χ1n) is 7.88. The second-order valence-corrected chi connectivity index (χ2v) is 5.51. The van der Waals surface area contributed by atoms with E-state index in [1.165, 1.54) is 67.7 Å². The Kier molecular flexibility index (Phi) is 9.59. The molecule has 0 aliphatic heterocycles. The molecular formula is C19H28Ca. The summed E-state index contributed by atoms with van der Waals surface area (Å²) in [7, 11) is 0. The summed E-state index contributed by atoms with van der Waals surface area (Å²) >= 11 is 0. The van der Waals surface area contributed by atoms with Gasteiger partial charge in [-0.3, -0.25) is 0 Å². The molecule has 0 aliphatic rings. The second kappa shape index (κ2) is 10.7. The zero-order chi connectivity index (χ0) is 13.3. The van der Waals surface area contributed by atoms with Crippen LogP contribution in [0.25, 0.3) is 10.8 Å². The van der Waals surface area contributed by atoms with E-state index in [-0.39, 0.29) is 37.7 Å². The van der Waals surface area contributed by atoms with Gasteiger partial charge in [0.1, 0.15) is 0 Å². The van der Waals surface area contributed by atoms with Crippen LogP contribution in [-0.2, 0) is 6.42 Å². The number of unbranched alkanes of at least 4 members (excludes halogenated alkanes) is 6. The van der Waals surface area contributed by atoms with Gasteiger partial charge in [-0.05, 0) is 29.2 Å². The Balaban J connectivity index is 0.00000200. The number of aryl methyl sites for hydroxylation is 1. The Labute approximate surface area is 154 Å². The van der Waals surface area contributed by atoms with Gasteiger partial charge in [0, 0.05) is 0 Å². The average molecular weight is 297 g/mol. The molecule has 0 aliphatic carbocycles. The third kappa shape index (κ3) is 5.76. The molecule has 0 radical (unpaired) electrons. The van der Waals surface area contributed by atoms with E-state index in [2.05, 4.69) is 49.4 Å². The maximum atomic E-state index is 2.29. The van der Waals surface area contributed by atoms with Gasteiger partial charge >= 0.3 is 37.7 Å². The van der Waals surface area contributed by atoms with Crippen LogP contribution in [0.2, 0.25) is 0 Å². The van der Waals surface area contributed by atoms with Crippen molar-refractivity contribution in [2.24, 2.45) is 0 Å². The van der Waals surface area contributed by atoms with Gasteiger partial charge in [-0.15, -0.1) is 0 Å². The molecule has 0 atom stereocenters. The van der Waals surface area contributed by atoms with Crippen LogP contribution in [0.1, 0.15) is 57.4 Å². The quantitative estimate of drug-likeness (QED) is 0.463. The minimum absolute atomic E-state index is 0. The normalized spacial score (nSPS) is 10.4. The molecular weight excluding hydrogens is 268 g/mol. The van der Waals surface area contributed by atoms with Crippen molar-refractivity contribution in [3.8, 4) is 0 Å². The SMILES string of the molecule is CCCCCCCCCc1cccc2ccccc12.[CaH2]. The van der Waals surface area contributed by atoms with E-state index >= 15 is 0 Å². The zero-order valence-electron chi connectivity index (χ0n) is 12.2. The second-order valence-electron chi connectivity index (χ2n) is 5.51. The van der Waals surface area contributed by atoms with Crippen LogP contribution in [0.4, 0.5) is 0 Å². The molecule has 0 spiro atoms. The van der Waals surface area contributed by atoms with Crippen molar-refractivity contribution in [1.82, 2.24) is 0 Å². The molecule has 1 heteroatoms. The Hall–Kier alpha value is -0.0403. The Bertz CT molecular complexity index is 485. The summed E-state index contributed by atoms with van der Waals surface area (Å²) in [6, 6.07) is 15.4. The van der Waals surface area contributed by atoms with Crippen LogP contribution in [0.15, 0.2) is 42.5 Å². The third-order valence-electron chi connectivity index (χ3n) is 3.93. The number of hydrogen-bond donors (Lipinski definition) is 0. The molecule has 0 nitrogen and oxygen atoms in total. The molecule has 2 rings (SSSR count). The summed E-state index contributed by atoms with van der Waals surface area (Å²) in [4.78, 5) is 0. The first kappa shape index (κ1) is 18.0. The molecule has 0 amide bonds. The summed E-state index contributed by atoms with van der Waals surface area (Å²) in [6.07, 6.45) is 10.9. The van der Waals surface area contributed by atoms with Crippen molar-refractivity contribution in [2.45, 2.75) is 58.3 Å². The van der Waals surface area contributed by atoms with Crippen LogP contribution < -0.4 is 0 Å². The van der Waals surface area contributed by atoms with Crippen molar-refractivity contribution in [3.05, 3.63) is 48.0 Å². The van der Waals surface area contributed by atoms with E-state index in [0.29, 0.717) is 0 Å². The molecule has 0 aromatic heterocycles. The van der Waals surface area contributed by atoms with Gasteiger partial charge in [0.15, 0.2) is 0 Å². The van der Waals surface area contributed by atoms with Gasteiger partial charge in [0.05, 0.1) is 0 Å². The first-order valence-corrected chi connectivity index (χ1v) is 7.88. The van der Waals surface area contributed by atoms with E-state index in [1.807, 2.05) is 0 Å². The topological polar surface area (TPSA) is 0 Å². The molecule has 0 N–H and O–H groups in total. The number of rotatable bonds is 8. The summed E-state index contributed by atoms with van der Waals surface area (Å²) in [5, 5.41) is 2.82. The van der Waals surface area contributed by atoms with E-state index in [0.717, 1.165) is 0 Å². The molecule has 0 fully saturated rings. The Morgan fingerprint density at radius 3 is 2.15 bits per heavy atom. The zero-order valence-corrected chi connectivity index (χ0v) is 12.2. The van der Waals surface area contributed by atoms with Gasteiger partial charge in [-0.2, -0.15) is 0 Å². The summed E-state index contributed by atoms with van der Waals surface area (Å²) in [6.45, 7) is 2.28. The van der Waals surface area contributed by atoms with Crippen LogP contribution in [-0.4, -0.2) is 37.7 Å². The van der Waals surface area contributed by atoms with Crippen molar-refractivity contribution in [3.63, 3.8) is 0 Å². The van der Waals surface area contributed by atoms with Crippen LogP contribution in [0.3, 0.4) is 0 Å². The van der Waals surface area contributed by atoms with E-state index < -0.39 is 0 Å². The van der Waals surface area contributed by atoms with Crippen molar-refractivity contribution in [2.75, 3.05) is 0 Å². The molecule has 0 unspecified atom stereocenters. The predicted octanol–water partition coefficient (Wildman–Crippen LogP) is 5.22.